The minimum Gasteiger partial charge on any atom is -0.489 e. The van der Waals surface area contributed by atoms with Crippen LogP contribution in [0.15, 0.2) is 95.4 Å². The summed E-state index contributed by atoms with van der Waals surface area (Å²) < 4.78 is 5.89. The molecule has 0 unspecified atom stereocenters. The van der Waals surface area contributed by atoms with Crippen molar-refractivity contribution < 1.29 is 4.74 Å². The highest BCUT2D eigenvalue weighted by Gasteiger charge is 2.05. The molecule has 0 heterocycles. The molecule has 0 aromatic heterocycles. The molecule has 0 aliphatic carbocycles. The molecule has 0 saturated carbocycles. The summed E-state index contributed by atoms with van der Waals surface area (Å²) in [6.45, 7) is 0.561. The Morgan fingerprint density at radius 3 is 2.29 bits per heavy atom. The Morgan fingerprint density at radius 2 is 1.58 bits per heavy atom. The van der Waals surface area contributed by atoms with Crippen molar-refractivity contribution in [1.29, 1.82) is 0 Å². The van der Waals surface area contributed by atoms with Gasteiger partial charge in [0.15, 0.2) is 0 Å². The van der Waals surface area contributed by atoms with Crippen LogP contribution >= 0.6 is 23.4 Å². The van der Waals surface area contributed by atoms with Gasteiger partial charge in [-0.25, -0.2) is 0 Å². The zero-order valence-electron chi connectivity index (χ0n) is 13.1. The monoisotopic (exact) mass is 352 g/mol. The van der Waals surface area contributed by atoms with Gasteiger partial charge in [0.2, 0.25) is 0 Å². The predicted octanol–water partition coefficient (Wildman–Crippen LogP) is 6.60. The van der Waals surface area contributed by atoms with Crippen LogP contribution in [0, 0.1) is 0 Å². The van der Waals surface area contributed by atoms with Crippen LogP contribution in [-0.2, 0) is 6.61 Å². The first-order valence-corrected chi connectivity index (χ1v) is 8.91. The molecule has 0 spiro atoms. The lowest BCUT2D eigenvalue weighted by Gasteiger charge is -2.10. The van der Waals surface area contributed by atoms with Crippen molar-refractivity contribution >= 4 is 28.3 Å². The summed E-state index contributed by atoms with van der Waals surface area (Å²) in [5, 5.41) is 0. The Hall–Kier alpha value is -2.16. The Morgan fingerprint density at radius 1 is 0.875 bits per heavy atom. The van der Waals surface area contributed by atoms with Crippen LogP contribution in [0.1, 0.15) is 11.1 Å². The quantitative estimate of drug-likeness (QED) is 0.462. The van der Waals surface area contributed by atoms with Crippen molar-refractivity contribution in [3.05, 3.63) is 102 Å². The van der Waals surface area contributed by atoms with E-state index in [0.717, 1.165) is 26.7 Å². The molecule has 0 radical (unpaired) electrons. The number of hydrogen-bond acceptors (Lipinski definition) is 2. The third kappa shape index (κ3) is 4.67. The van der Waals surface area contributed by atoms with Gasteiger partial charge in [0.05, 0.1) is 0 Å². The van der Waals surface area contributed by atoms with Crippen molar-refractivity contribution in [2.24, 2.45) is 0 Å². The minimum atomic E-state index is 0.561. The van der Waals surface area contributed by atoms with Crippen molar-refractivity contribution in [2.75, 3.05) is 0 Å². The molecule has 120 valence electrons. The van der Waals surface area contributed by atoms with E-state index < -0.39 is 0 Å². The molecule has 3 rings (SSSR count). The van der Waals surface area contributed by atoms with Crippen LogP contribution in [0.25, 0.3) is 4.91 Å². The Bertz CT molecular complexity index is 800. The largest absolute Gasteiger partial charge is 0.489 e. The molecule has 3 heteroatoms. The molecule has 0 bridgehead atoms. The number of halogens is 1. The summed E-state index contributed by atoms with van der Waals surface area (Å²) in [4.78, 5) is 2.11. The highest BCUT2D eigenvalue weighted by atomic mass is 35.5. The maximum atomic E-state index is 6.02. The van der Waals surface area contributed by atoms with E-state index >= 15 is 0 Å². The van der Waals surface area contributed by atoms with Gasteiger partial charge in [0.25, 0.3) is 0 Å². The second-order valence-corrected chi connectivity index (χ2v) is 6.52. The van der Waals surface area contributed by atoms with Gasteiger partial charge in [-0.05, 0) is 29.3 Å². The summed E-state index contributed by atoms with van der Waals surface area (Å²) in [5.74, 6) is 0.853. The lowest BCUT2D eigenvalue weighted by molar-refractivity contribution is 0.305. The summed E-state index contributed by atoms with van der Waals surface area (Å²) >= 11 is 7.65. The fraction of sp³-hybridized carbons (Fsp3) is 0.0476. The van der Waals surface area contributed by atoms with E-state index in [9.17, 15) is 0 Å². The number of benzene rings is 3. The Kier molecular flexibility index (Phi) is 6.00. The standard InChI is InChI=1S/C21H17ClOS/c22-15-21(18-10-5-2-6-11-18)24-20-13-7-12-19(14-20)23-16-17-8-3-1-4-9-17/h1-15H,16H2/b21-15+. The molecular formula is C21H17ClOS. The number of hydrogen-bond donors (Lipinski definition) is 0. The van der Waals surface area contributed by atoms with E-state index in [0.29, 0.717) is 6.61 Å². The first kappa shape index (κ1) is 16.7. The summed E-state index contributed by atoms with van der Waals surface area (Å²) in [5.41, 5.74) is 3.88. The van der Waals surface area contributed by atoms with Gasteiger partial charge in [-0.3, -0.25) is 0 Å². The maximum Gasteiger partial charge on any atom is 0.120 e. The minimum absolute atomic E-state index is 0.561. The van der Waals surface area contributed by atoms with Gasteiger partial charge in [-0.2, -0.15) is 0 Å². The summed E-state index contributed by atoms with van der Waals surface area (Å²) in [7, 11) is 0. The molecule has 24 heavy (non-hydrogen) atoms. The number of thioether (sulfide) groups is 1. The van der Waals surface area contributed by atoms with Crippen LogP contribution in [0.3, 0.4) is 0 Å². The molecular weight excluding hydrogens is 336 g/mol. The third-order valence-corrected chi connectivity index (χ3v) is 4.85. The lowest BCUT2D eigenvalue weighted by atomic mass is 10.2. The maximum absolute atomic E-state index is 6.02. The molecule has 0 amide bonds. The number of rotatable bonds is 6. The third-order valence-electron chi connectivity index (χ3n) is 3.44. The average Bonchev–Trinajstić information content (AvgIpc) is 2.66. The molecule has 3 aromatic carbocycles. The van der Waals surface area contributed by atoms with Crippen LogP contribution in [-0.4, -0.2) is 0 Å². The second kappa shape index (κ2) is 8.62. The molecule has 1 nitrogen and oxygen atoms in total. The van der Waals surface area contributed by atoms with Gasteiger partial charge in [0.1, 0.15) is 12.4 Å². The van der Waals surface area contributed by atoms with Crippen LogP contribution in [0.2, 0.25) is 0 Å². The molecule has 0 aliphatic heterocycles. The van der Waals surface area contributed by atoms with E-state index in [1.54, 1.807) is 17.3 Å². The SMILES string of the molecule is Cl/C=C(/Sc1cccc(OCc2ccccc2)c1)c1ccccc1. The predicted molar refractivity (Wildman–Crippen MR) is 103 cm³/mol. The smallest absolute Gasteiger partial charge is 0.120 e. The highest BCUT2D eigenvalue weighted by Crippen LogP contribution is 2.36. The molecule has 0 atom stereocenters. The topological polar surface area (TPSA) is 9.23 Å². The van der Waals surface area contributed by atoms with Gasteiger partial charge in [0, 0.05) is 15.3 Å². The van der Waals surface area contributed by atoms with Gasteiger partial charge in [-0.15, -0.1) is 0 Å². The fourth-order valence-electron chi connectivity index (χ4n) is 2.24. The van der Waals surface area contributed by atoms with Crippen LogP contribution < -0.4 is 4.74 Å². The highest BCUT2D eigenvalue weighted by molar-refractivity contribution is 8.08. The number of ether oxygens (including phenoxy) is 1. The summed E-state index contributed by atoms with van der Waals surface area (Å²) in [6, 6.07) is 28.3. The lowest BCUT2D eigenvalue weighted by Crippen LogP contribution is -1.94. The molecule has 0 aliphatic rings. The van der Waals surface area contributed by atoms with Gasteiger partial charge in [-0.1, -0.05) is 90.1 Å². The van der Waals surface area contributed by atoms with E-state index in [-0.39, 0.29) is 0 Å². The van der Waals surface area contributed by atoms with Crippen molar-refractivity contribution in [3.8, 4) is 5.75 Å². The van der Waals surface area contributed by atoms with E-state index in [1.807, 2.05) is 54.6 Å². The first-order chi connectivity index (χ1) is 11.8. The van der Waals surface area contributed by atoms with Crippen molar-refractivity contribution in [3.63, 3.8) is 0 Å². The van der Waals surface area contributed by atoms with Gasteiger partial charge >= 0.3 is 0 Å². The molecule has 3 aromatic rings. The zero-order valence-corrected chi connectivity index (χ0v) is 14.6. The average molecular weight is 353 g/mol. The Labute approximate surface area is 151 Å². The summed E-state index contributed by atoms with van der Waals surface area (Å²) in [6.07, 6.45) is 0. The second-order valence-electron chi connectivity index (χ2n) is 5.19. The molecule has 0 fully saturated rings. The Balaban J connectivity index is 1.69. The van der Waals surface area contributed by atoms with E-state index in [4.69, 9.17) is 16.3 Å². The van der Waals surface area contributed by atoms with Crippen LogP contribution in [0.5, 0.6) is 5.75 Å². The zero-order chi connectivity index (χ0) is 16.6. The molecule has 0 N–H and O–H groups in total. The van der Waals surface area contributed by atoms with Crippen LogP contribution in [0.4, 0.5) is 0 Å². The molecule has 0 saturated heterocycles. The van der Waals surface area contributed by atoms with Crippen molar-refractivity contribution in [1.82, 2.24) is 0 Å². The van der Waals surface area contributed by atoms with Gasteiger partial charge < -0.3 is 4.74 Å². The van der Waals surface area contributed by atoms with E-state index in [2.05, 4.69) is 30.3 Å². The van der Waals surface area contributed by atoms with Crippen molar-refractivity contribution in [2.45, 2.75) is 11.5 Å². The van der Waals surface area contributed by atoms with E-state index in [1.165, 1.54) is 0 Å². The fourth-order valence-corrected chi connectivity index (χ4v) is 3.38. The normalized spacial score (nSPS) is 11.3. The first-order valence-electron chi connectivity index (χ1n) is 7.65.